The highest BCUT2D eigenvalue weighted by Crippen LogP contribution is 1.66. The number of nitrogens with two attached hydrogens (primary N) is 1. The number of hydrogen-bond donors (Lipinski definition) is 2. The maximum absolute atomic E-state index is 9.86. The van der Waals surface area contributed by atoms with Gasteiger partial charge in [-0.05, 0) is 0 Å². The third kappa shape index (κ3) is 4.08. The van der Waals surface area contributed by atoms with Gasteiger partial charge in [0.25, 0.3) is 0 Å². The van der Waals surface area contributed by atoms with Gasteiger partial charge < -0.3 is 10.6 Å². The molecule has 0 aliphatic rings. The summed E-state index contributed by atoms with van der Waals surface area (Å²) in [6.45, 7) is 0. The Kier molecular flexibility index (Phi) is 2.62. The second kappa shape index (κ2) is 3.26. The number of hydroxylamine groups is 1. The van der Waals surface area contributed by atoms with Crippen LogP contribution in [0.4, 0.5) is 4.79 Å². The molecular formula is C3H3N3O3. The van der Waals surface area contributed by atoms with Gasteiger partial charge in [-0.2, -0.15) is 10.7 Å². The lowest BCUT2D eigenvalue weighted by molar-refractivity contribution is -0.141. The SMILES string of the molecule is N#CC(=O)ONC(N)=O. The first-order chi connectivity index (χ1) is 4.16. The molecule has 6 nitrogen and oxygen atoms in total. The number of urea groups is 1. The Balaban J connectivity index is 3.43. The summed E-state index contributed by atoms with van der Waals surface area (Å²) in [5.41, 5.74) is 5.92. The molecule has 3 N–H and O–H groups in total. The molecule has 0 heterocycles. The van der Waals surface area contributed by atoms with E-state index in [2.05, 4.69) is 10.6 Å². The first-order valence-electron chi connectivity index (χ1n) is 1.83. The zero-order valence-corrected chi connectivity index (χ0v) is 4.25. The fraction of sp³-hybridized carbons (Fsp3) is 0. The topological polar surface area (TPSA) is 105 Å². The van der Waals surface area contributed by atoms with Crippen molar-refractivity contribution >= 4 is 12.0 Å². The van der Waals surface area contributed by atoms with E-state index >= 15 is 0 Å². The fourth-order valence-corrected chi connectivity index (χ4v) is 0.119. The summed E-state index contributed by atoms with van der Waals surface area (Å²) in [4.78, 5) is 23.3. The molecule has 48 valence electrons. The van der Waals surface area contributed by atoms with E-state index in [1.54, 1.807) is 0 Å². The summed E-state index contributed by atoms with van der Waals surface area (Å²) in [5, 5.41) is 7.73. The van der Waals surface area contributed by atoms with Crippen molar-refractivity contribution < 1.29 is 14.4 Å². The van der Waals surface area contributed by atoms with Crippen molar-refractivity contribution in [2.75, 3.05) is 0 Å². The molecule has 0 fully saturated rings. The zero-order chi connectivity index (χ0) is 7.28. The number of nitriles is 1. The van der Waals surface area contributed by atoms with Gasteiger partial charge in [0, 0.05) is 0 Å². The minimum absolute atomic E-state index is 1.03. The maximum Gasteiger partial charge on any atom is 0.435 e. The van der Waals surface area contributed by atoms with Crippen LogP contribution in [-0.2, 0) is 9.63 Å². The van der Waals surface area contributed by atoms with Gasteiger partial charge in [0.15, 0.2) is 6.07 Å². The smallest absolute Gasteiger partial charge is 0.349 e. The van der Waals surface area contributed by atoms with E-state index in [-0.39, 0.29) is 0 Å². The Labute approximate surface area is 50.1 Å². The third-order valence-electron chi connectivity index (χ3n) is 0.336. The molecule has 0 aliphatic heterocycles. The average Bonchev–Trinajstić information content (AvgIpc) is 1.83. The standard InChI is InChI=1S/C3H3N3O3/c4-1-2(7)9-6-3(5)8/h(H3,5,6,8). The number of amides is 2. The van der Waals surface area contributed by atoms with E-state index in [9.17, 15) is 9.59 Å². The molecule has 0 saturated heterocycles. The highest BCUT2D eigenvalue weighted by atomic mass is 16.7. The van der Waals surface area contributed by atoms with Crippen LogP contribution in [0.5, 0.6) is 0 Å². The number of carbonyl (C=O) groups is 2. The lowest BCUT2D eigenvalue weighted by Gasteiger charge is -1.93. The molecule has 0 aliphatic carbocycles. The third-order valence-corrected chi connectivity index (χ3v) is 0.336. The highest BCUT2D eigenvalue weighted by molar-refractivity contribution is 5.86. The minimum atomic E-state index is -1.21. The van der Waals surface area contributed by atoms with Gasteiger partial charge in [-0.25, -0.2) is 9.59 Å². The van der Waals surface area contributed by atoms with Gasteiger partial charge in [-0.1, -0.05) is 0 Å². The lowest BCUT2D eigenvalue weighted by atomic mass is 10.8. The highest BCUT2D eigenvalue weighted by Gasteiger charge is 1.98. The molecule has 0 unspecified atom stereocenters. The van der Waals surface area contributed by atoms with Gasteiger partial charge in [0.1, 0.15) is 0 Å². The van der Waals surface area contributed by atoms with Crippen LogP contribution < -0.4 is 11.2 Å². The van der Waals surface area contributed by atoms with Gasteiger partial charge in [-0.3, -0.25) is 0 Å². The van der Waals surface area contributed by atoms with E-state index in [1.807, 2.05) is 0 Å². The molecule has 0 saturated carbocycles. The Morgan fingerprint density at radius 1 is 1.67 bits per heavy atom. The van der Waals surface area contributed by atoms with Crippen LogP contribution in [0.15, 0.2) is 0 Å². The van der Waals surface area contributed by atoms with Crippen LogP contribution in [0.2, 0.25) is 0 Å². The Morgan fingerprint density at radius 3 is 2.56 bits per heavy atom. The van der Waals surface area contributed by atoms with E-state index < -0.39 is 12.0 Å². The van der Waals surface area contributed by atoms with Crippen LogP contribution in [0.1, 0.15) is 0 Å². The largest absolute Gasteiger partial charge is 0.435 e. The monoisotopic (exact) mass is 129 g/mol. The summed E-state index contributed by atoms with van der Waals surface area (Å²) >= 11 is 0. The summed E-state index contributed by atoms with van der Waals surface area (Å²) < 4.78 is 0. The molecule has 9 heavy (non-hydrogen) atoms. The number of nitrogens with zero attached hydrogens (tertiary/aromatic N) is 1. The minimum Gasteiger partial charge on any atom is -0.349 e. The number of primary amides is 1. The second-order valence-corrected chi connectivity index (χ2v) is 0.968. The first-order valence-corrected chi connectivity index (χ1v) is 1.83. The summed E-state index contributed by atoms with van der Waals surface area (Å²) in [5.74, 6) is -1.21. The van der Waals surface area contributed by atoms with Gasteiger partial charge >= 0.3 is 12.0 Å². The van der Waals surface area contributed by atoms with Crippen molar-refractivity contribution in [3.05, 3.63) is 0 Å². The van der Waals surface area contributed by atoms with Crippen LogP contribution in [0, 0.1) is 11.3 Å². The van der Waals surface area contributed by atoms with Crippen molar-refractivity contribution in [3.63, 3.8) is 0 Å². The molecular weight excluding hydrogens is 126 g/mol. The lowest BCUT2D eigenvalue weighted by Crippen LogP contribution is -2.31. The molecule has 0 rings (SSSR count). The van der Waals surface area contributed by atoms with Crippen LogP contribution >= 0.6 is 0 Å². The Bertz CT molecular complexity index is 170. The normalized spacial score (nSPS) is 7.00. The van der Waals surface area contributed by atoms with E-state index in [0.717, 1.165) is 6.07 Å². The van der Waals surface area contributed by atoms with E-state index in [1.165, 1.54) is 5.48 Å². The number of hydrogen-bond acceptors (Lipinski definition) is 4. The molecule has 0 bridgehead atoms. The summed E-state index contributed by atoms with van der Waals surface area (Å²) in [6, 6.07) is 0.0598. The molecule has 0 spiro atoms. The molecule has 0 atom stereocenters. The Morgan fingerprint density at radius 2 is 2.22 bits per heavy atom. The number of nitrogens with one attached hydrogen (secondary N) is 1. The van der Waals surface area contributed by atoms with Crippen LogP contribution in [0.3, 0.4) is 0 Å². The number of rotatable bonds is 0. The molecule has 6 heteroatoms. The van der Waals surface area contributed by atoms with Crippen LogP contribution in [0.25, 0.3) is 0 Å². The van der Waals surface area contributed by atoms with E-state index in [4.69, 9.17) is 5.26 Å². The summed E-state index contributed by atoms with van der Waals surface area (Å²) in [6.07, 6.45) is 0. The van der Waals surface area contributed by atoms with Gasteiger partial charge in [0.05, 0.1) is 0 Å². The molecule has 0 aromatic carbocycles. The predicted molar refractivity (Wildman–Crippen MR) is 24.4 cm³/mol. The number of carbonyl (C=O) groups excluding carboxylic acids is 2. The second-order valence-electron chi connectivity index (χ2n) is 0.968. The van der Waals surface area contributed by atoms with Crippen molar-refractivity contribution in [1.82, 2.24) is 5.48 Å². The Hall–Kier alpha value is -1.77. The molecule has 0 aromatic heterocycles. The van der Waals surface area contributed by atoms with Crippen LogP contribution in [-0.4, -0.2) is 12.0 Å². The molecule has 0 aromatic rings. The predicted octanol–water partition coefficient (Wildman–Crippen LogP) is -1.36. The van der Waals surface area contributed by atoms with Crippen molar-refractivity contribution in [2.24, 2.45) is 5.73 Å². The van der Waals surface area contributed by atoms with Crippen molar-refractivity contribution in [1.29, 1.82) is 5.26 Å². The van der Waals surface area contributed by atoms with Gasteiger partial charge in [-0.15, -0.1) is 0 Å². The molecule has 0 radical (unpaired) electrons. The van der Waals surface area contributed by atoms with Gasteiger partial charge in [0.2, 0.25) is 0 Å². The molecule has 2 amide bonds. The maximum atomic E-state index is 9.86. The average molecular weight is 129 g/mol. The fourth-order valence-electron chi connectivity index (χ4n) is 0.119. The quantitative estimate of drug-likeness (QED) is 0.311. The van der Waals surface area contributed by atoms with E-state index in [0.29, 0.717) is 0 Å². The summed E-state index contributed by atoms with van der Waals surface area (Å²) in [7, 11) is 0. The first kappa shape index (κ1) is 7.23. The van der Waals surface area contributed by atoms with Crippen molar-refractivity contribution in [2.45, 2.75) is 0 Å². The zero-order valence-electron chi connectivity index (χ0n) is 4.25. The van der Waals surface area contributed by atoms with Crippen molar-refractivity contribution in [3.8, 4) is 6.07 Å².